The minimum Gasteiger partial charge on any atom is -0.469 e. The van der Waals surface area contributed by atoms with Crippen LogP contribution in [0.5, 0.6) is 0 Å². The van der Waals surface area contributed by atoms with Crippen molar-refractivity contribution in [2.24, 2.45) is 0 Å². The molecule has 0 saturated heterocycles. The van der Waals surface area contributed by atoms with Crippen molar-refractivity contribution in [3.8, 4) is 11.5 Å². The first-order valence-corrected chi connectivity index (χ1v) is 8.50. The molecular formula is C18H22FN3O3. The highest BCUT2D eigenvalue weighted by molar-refractivity contribution is 5.70. The molecule has 1 fully saturated rings. The molecule has 1 aliphatic rings. The molecule has 0 unspecified atom stereocenters. The number of hydrogen-bond donors (Lipinski definition) is 1. The number of benzene rings is 1. The molecule has 0 atom stereocenters. The molecule has 0 aliphatic heterocycles. The van der Waals surface area contributed by atoms with Crippen LogP contribution in [0.1, 0.15) is 44.4 Å². The highest BCUT2D eigenvalue weighted by atomic mass is 19.1. The van der Waals surface area contributed by atoms with Gasteiger partial charge < -0.3 is 14.5 Å². The van der Waals surface area contributed by atoms with E-state index in [4.69, 9.17) is 9.15 Å². The summed E-state index contributed by atoms with van der Waals surface area (Å²) in [7, 11) is 1.40. The Kier molecular flexibility index (Phi) is 5.43. The average molecular weight is 347 g/mol. The van der Waals surface area contributed by atoms with Crippen molar-refractivity contribution in [1.29, 1.82) is 0 Å². The van der Waals surface area contributed by atoms with Crippen LogP contribution in [0.15, 0.2) is 28.7 Å². The van der Waals surface area contributed by atoms with Crippen LogP contribution in [-0.4, -0.2) is 28.8 Å². The van der Waals surface area contributed by atoms with E-state index in [2.05, 4.69) is 15.5 Å². The van der Waals surface area contributed by atoms with Crippen molar-refractivity contribution in [2.45, 2.75) is 50.6 Å². The van der Waals surface area contributed by atoms with Crippen LogP contribution in [0.25, 0.3) is 11.5 Å². The van der Waals surface area contributed by atoms with Gasteiger partial charge in [0.05, 0.1) is 20.1 Å². The van der Waals surface area contributed by atoms with E-state index < -0.39 is 0 Å². The molecule has 2 aromatic rings. The summed E-state index contributed by atoms with van der Waals surface area (Å²) >= 11 is 0. The van der Waals surface area contributed by atoms with E-state index in [1.54, 1.807) is 12.1 Å². The minimum absolute atomic E-state index is 0.222. The summed E-state index contributed by atoms with van der Waals surface area (Å²) in [6.45, 7) is 0.360. The van der Waals surface area contributed by atoms with E-state index >= 15 is 0 Å². The smallest absolute Gasteiger partial charge is 0.307 e. The Bertz CT molecular complexity index is 726. The van der Waals surface area contributed by atoms with Crippen molar-refractivity contribution in [2.75, 3.05) is 7.11 Å². The van der Waals surface area contributed by atoms with Crippen LogP contribution in [-0.2, 0) is 16.1 Å². The highest BCUT2D eigenvalue weighted by Crippen LogP contribution is 2.32. The lowest BCUT2D eigenvalue weighted by molar-refractivity contribution is -0.142. The maximum atomic E-state index is 13.3. The molecule has 7 heteroatoms. The fourth-order valence-electron chi connectivity index (χ4n) is 3.32. The standard InChI is InChI=1S/C18H22FN3O3/c1-24-16(23)11-18(8-3-2-4-9-18)20-12-15-21-22-17(25-15)13-6-5-7-14(19)10-13/h5-7,10,20H,2-4,8-9,11-12H2,1H3. The minimum atomic E-state index is -0.352. The first kappa shape index (κ1) is 17.5. The number of halogens is 1. The van der Waals surface area contributed by atoms with E-state index in [1.165, 1.54) is 25.7 Å². The van der Waals surface area contributed by atoms with Gasteiger partial charge in [0.25, 0.3) is 0 Å². The second-order valence-corrected chi connectivity index (χ2v) is 6.46. The molecule has 1 aromatic heterocycles. The molecule has 0 radical (unpaired) electrons. The summed E-state index contributed by atoms with van der Waals surface area (Å²) in [5.41, 5.74) is 0.249. The second kappa shape index (κ2) is 7.74. The summed E-state index contributed by atoms with van der Waals surface area (Å²) < 4.78 is 23.8. The van der Waals surface area contributed by atoms with Gasteiger partial charge in [0.1, 0.15) is 5.82 Å². The topological polar surface area (TPSA) is 77.2 Å². The van der Waals surface area contributed by atoms with Gasteiger partial charge >= 0.3 is 5.97 Å². The third kappa shape index (κ3) is 4.42. The fraction of sp³-hybridized carbons (Fsp3) is 0.500. The van der Waals surface area contributed by atoms with Crippen molar-refractivity contribution in [1.82, 2.24) is 15.5 Å². The highest BCUT2D eigenvalue weighted by Gasteiger charge is 2.34. The monoisotopic (exact) mass is 347 g/mol. The number of carbonyl (C=O) groups is 1. The van der Waals surface area contributed by atoms with E-state index in [0.29, 0.717) is 24.4 Å². The van der Waals surface area contributed by atoms with Gasteiger partial charge in [-0.25, -0.2) is 4.39 Å². The first-order chi connectivity index (χ1) is 12.1. The van der Waals surface area contributed by atoms with Crippen molar-refractivity contribution in [3.63, 3.8) is 0 Å². The van der Waals surface area contributed by atoms with Gasteiger partial charge in [-0.2, -0.15) is 0 Å². The zero-order valence-corrected chi connectivity index (χ0v) is 14.3. The first-order valence-electron chi connectivity index (χ1n) is 8.50. The quantitative estimate of drug-likeness (QED) is 0.809. The summed E-state index contributed by atoms with van der Waals surface area (Å²) in [4.78, 5) is 11.8. The Labute approximate surface area is 145 Å². The van der Waals surface area contributed by atoms with Gasteiger partial charge in [-0.15, -0.1) is 10.2 Å². The van der Waals surface area contributed by atoms with Gasteiger partial charge in [0.2, 0.25) is 11.8 Å². The number of aromatic nitrogens is 2. The normalized spacial score (nSPS) is 16.6. The predicted octanol–water partition coefficient (Wildman–Crippen LogP) is 3.23. The maximum Gasteiger partial charge on any atom is 0.307 e. The Morgan fingerprint density at radius 2 is 2.12 bits per heavy atom. The van der Waals surface area contributed by atoms with Crippen LogP contribution in [0.4, 0.5) is 4.39 Å². The number of carbonyl (C=O) groups excluding carboxylic acids is 1. The van der Waals surface area contributed by atoms with E-state index in [9.17, 15) is 9.18 Å². The number of nitrogens with zero attached hydrogens (tertiary/aromatic N) is 2. The zero-order valence-electron chi connectivity index (χ0n) is 14.3. The molecule has 1 N–H and O–H groups in total. The SMILES string of the molecule is COC(=O)CC1(NCc2nnc(-c3cccc(F)c3)o2)CCCCC1. The molecule has 1 saturated carbocycles. The van der Waals surface area contributed by atoms with E-state index in [1.807, 2.05) is 0 Å². The molecule has 1 aromatic carbocycles. The van der Waals surface area contributed by atoms with Crippen LogP contribution in [0.2, 0.25) is 0 Å². The summed E-state index contributed by atoms with van der Waals surface area (Å²) in [5.74, 6) is 0.117. The predicted molar refractivity (Wildman–Crippen MR) is 89.0 cm³/mol. The molecular weight excluding hydrogens is 325 g/mol. The van der Waals surface area contributed by atoms with Gasteiger partial charge in [-0.05, 0) is 31.0 Å². The van der Waals surface area contributed by atoms with Crippen LogP contribution in [0, 0.1) is 5.82 Å². The molecule has 1 heterocycles. The molecule has 134 valence electrons. The fourth-order valence-corrected chi connectivity index (χ4v) is 3.32. The Hall–Kier alpha value is -2.28. The number of rotatable bonds is 6. The van der Waals surface area contributed by atoms with Crippen LogP contribution >= 0.6 is 0 Å². The number of ether oxygens (including phenoxy) is 1. The second-order valence-electron chi connectivity index (χ2n) is 6.46. The molecule has 25 heavy (non-hydrogen) atoms. The van der Waals surface area contributed by atoms with Crippen molar-refractivity contribution in [3.05, 3.63) is 36.0 Å². The molecule has 0 bridgehead atoms. The lowest BCUT2D eigenvalue weighted by Gasteiger charge is -2.37. The Balaban J connectivity index is 1.68. The van der Waals surface area contributed by atoms with Gasteiger partial charge in [0, 0.05) is 11.1 Å². The van der Waals surface area contributed by atoms with Crippen molar-refractivity contribution >= 4 is 5.97 Å². The van der Waals surface area contributed by atoms with Crippen LogP contribution < -0.4 is 5.32 Å². The average Bonchev–Trinajstić information content (AvgIpc) is 3.10. The molecule has 1 aliphatic carbocycles. The zero-order chi connectivity index (χ0) is 17.7. The number of nitrogens with one attached hydrogen (secondary N) is 1. The van der Waals surface area contributed by atoms with E-state index in [0.717, 1.165) is 25.7 Å². The Morgan fingerprint density at radius 3 is 2.84 bits per heavy atom. The van der Waals surface area contributed by atoms with E-state index in [-0.39, 0.29) is 23.2 Å². The third-order valence-corrected chi connectivity index (χ3v) is 4.67. The summed E-state index contributed by atoms with van der Waals surface area (Å²) in [6, 6.07) is 6.03. The number of methoxy groups -OCH3 is 1. The van der Waals surface area contributed by atoms with Crippen molar-refractivity contribution < 1.29 is 18.3 Å². The lowest BCUT2D eigenvalue weighted by atomic mass is 9.79. The summed E-state index contributed by atoms with van der Waals surface area (Å²) in [5, 5.41) is 11.4. The van der Waals surface area contributed by atoms with Gasteiger partial charge in [-0.3, -0.25) is 4.79 Å². The Morgan fingerprint density at radius 1 is 1.32 bits per heavy atom. The lowest BCUT2D eigenvalue weighted by Crippen LogP contribution is -2.48. The molecule has 6 nitrogen and oxygen atoms in total. The number of esters is 1. The van der Waals surface area contributed by atoms with Crippen LogP contribution in [0.3, 0.4) is 0 Å². The summed E-state index contributed by atoms with van der Waals surface area (Å²) in [6.07, 6.45) is 5.47. The maximum absolute atomic E-state index is 13.3. The number of hydrogen-bond acceptors (Lipinski definition) is 6. The third-order valence-electron chi connectivity index (χ3n) is 4.67. The molecule has 0 amide bonds. The van der Waals surface area contributed by atoms with Gasteiger partial charge in [0.15, 0.2) is 0 Å². The molecule has 3 rings (SSSR count). The van der Waals surface area contributed by atoms with Gasteiger partial charge in [-0.1, -0.05) is 25.3 Å². The largest absolute Gasteiger partial charge is 0.469 e. The molecule has 0 spiro atoms.